The number of carbonyl (C=O) groups excluding carboxylic acids is 1. The van der Waals surface area contributed by atoms with Crippen molar-refractivity contribution in [1.82, 2.24) is 14.3 Å². The summed E-state index contributed by atoms with van der Waals surface area (Å²) in [5, 5.41) is 13.3. The third-order valence-electron chi connectivity index (χ3n) is 3.82. The van der Waals surface area contributed by atoms with Crippen molar-refractivity contribution in [3.63, 3.8) is 0 Å². The molecule has 0 radical (unpaired) electrons. The maximum absolute atomic E-state index is 12.2. The lowest BCUT2D eigenvalue weighted by Gasteiger charge is -2.14. The van der Waals surface area contributed by atoms with E-state index in [2.05, 4.69) is 5.10 Å². The Bertz CT molecular complexity index is 997. The minimum Gasteiger partial charge on any atom is -0.487 e. The van der Waals surface area contributed by atoms with Gasteiger partial charge in [-0.1, -0.05) is 12.1 Å². The van der Waals surface area contributed by atoms with Crippen LogP contribution in [0.1, 0.15) is 21.6 Å². The molecule has 3 rings (SSSR count). The van der Waals surface area contributed by atoms with E-state index in [1.165, 1.54) is 17.9 Å². The summed E-state index contributed by atoms with van der Waals surface area (Å²) < 4.78 is 13.9. The van der Waals surface area contributed by atoms with Crippen LogP contribution < -0.4 is 10.5 Å². The standard InChI is InChI=1S/C18H17N5O3/c1-22-9-12(8-21-22)11-26-15-6-4-3-5-14(15)23-10-13(7-19)16(20)17(23)18(24)25-2/h3-6,8-10H,11,20H2,1-2H3. The fourth-order valence-corrected chi connectivity index (χ4v) is 2.59. The van der Waals surface area contributed by atoms with Crippen LogP contribution in [0.4, 0.5) is 5.69 Å². The van der Waals surface area contributed by atoms with Gasteiger partial charge in [0.1, 0.15) is 18.4 Å². The van der Waals surface area contributed by atoms with Gasteiger partial charge in [-0.3, -0.25) is 4.68 Å². The molecule has 0 fully saturated rings. The second-order valence-corrected chi connectivity index (χ2v) is 5.56. The number of benzene rings is 1. The molecule has 0 aliphatic rings. The van der Waals surface area contributed by atoms with Crippen LogP contribution >= 0.6 is 0 Å². The molecule has 0 bridgehead atoms. The van der Waals surface area contributed by atoms with Crippen molar-refractivity contribution in [1.29, 1.82) is 5.26 Å². The molecule has 0 unspecified atom stereocenters. The minimum absolute atomic E-state index is 0.0708. The molecule has 2 heterocycles. The number of rotatable bonds is 5. The number of para-hydroxylation sites is 2. The molecule has 26 heavy (non-hydrogen) atoms. The maximum atomic E-state index is 12.2. The quantitative estimate of drug-likeness (QED) is 0.705. The topological polar surface area (TPSA) is 108 Å². The number of hydrogen-bond donors (Lipinski definition) is 1. The van der Waals surface area contributed by atoms with Gasteiger partial charge in [0.15, 0.2) is 5.69 Å². The molecule has 8 heteroatoms. The van der Waals surface area contributed by atoms with E-state index in [9.17, 15) is 10.1 Å². The molecule has 0 spiro atoms. The number of carbonyl (C=O) groups is 1. The van der Waals surface area contributed by atoms with Crippen LogP contribution in [0.2, 0.25) is 0 Å². The van der Waals surface area contributed by atoms with Gasteiger partial charge in [0.05, 0.1) is 30.2 Å². The van der Waals surface area contributed by atoms with E-state index >= 15 is 0 Å². The number of nitrogens with two attached hydrogens (primary N) is 1. The van der Waals surface area contributed by atoms with Crippen LogP contribution in [-0.2, 0) is 18.4 Å². The Morgan fingerprint density at radius 1 is 1.35 bits per heavy atom. The van der Waals surface area contributed by atoms with Crippen molar-refractivity contribution < 1.29 is 14.3 Å². The smallest absolute Gasteiger partial charge is 0.357 e. The second kappa shape index (κ2) is 7.03. The Hall–Kier alpha value is -3.73. The zero-order valence-electron chi connectivity index (χ0n) is 14.3. The van der Waals surface area contributed by atoms with Gasteiger partial charge >= 0.3 is 5.97 Å². The average molecular weight is 351 g/mol. The predicted molar refractivity (Wildman–Crippen MR) is 93.8 cm³/mol. The van der Waals surface area contributed by atoms with Crippen molar-refractivity contribution in [3.8, 4) is 17.5 Å². The molecular formula is C18H17N5O3. The van der Waals surface area contributed by atoms with E-state index in [4.69, 9.17) is 15.2 Å². The number of ether oxygens (including phenoxy) is 2. The third kappa shape index (κ3) is 3.10. The summed E-state index contributed by atoms with van der Waals surface area (Å²) in [6.07, 6.45) is 5.06. The number of hydrogen-bond acceptors (Lipinski definition) is 6. The Morgan fingerprint density at radius 3 is 2.77 bits per heavy atom. The predicted octanol–water partition coefficient (Wildman–Crippen LogP) is 2.03. The molecule has 0 aliphatic carbocycles. The molecule has 8 nitrogen and oxygen atoms in total. The molecule has 0 amide bonds. The first-order valence-electron chi connectivity index (χ1n) is 7.74. The monoisotopic (exact) mass is 351 g/mol. The summed E-state index contributed by atoms with van der Waals surface area (Å²) in [6.45, 7) is 0.306. The summed E-state index contributed by atoms with van der Waals surface area (Å²) in [6, 6.07) is 9.14. The fraction of sp³-hybridized carbons (Fsp3) is 0.167. The molecule has 3 aromatic rings. The zero-order chi connectivity index (χ0) is 18.7. The van der Waals surface area contributed by atoms with Crippen molar-refractivity contribution in [2.24, 2.45) is 7.05 Å². The largest absolute Gasteiger partial charge is 0.487 e. The van der Waals surface area contributed by atoms with E-state index < -0.39 is 5.97 Å². The van der Waals surface area contributed by atoms with E-state index in [0.717, 1.165) is 5.56 Å². The van der Waals surface area contributed by atoms with Crippen molar-refractivity contribution >= 4 is 11.7 Å². The lowest BCUT2D eigenvalue weighted by Crippen LogP contribution is -2.12. The van der Waals surface area contributed by atoms with Crippen LogP contribution in [0, 0.1) is 11.3 Å². The highest BCUT2D eigenvalue weighted by molar-refractivity contribution is 5.96. The molecule has 0 aliphatic heterocycles. The Kier molecular flexibility index (Phi) is 4.62. The third-order valence-corrected chi connectivity index (χ3v) is 3.82. The molecular weight excluding hydrogens is 334 g/mol. The molecule has 2 aromatic heterocycles. The highest BCUT2D eigenvalue weighted by atomic mass is 16.5. The highest BCUT2D eigenvalue weighted by Crippen LogP contribution is 2.30. The number of nitrogens with zero attached hydrogens (tertiary/aromatic N) is 4. The second-order valence-electron chi connectivity index (χ2n) is 5.56. The van der Waals surface area contributed by atoms with Crippen LogP contribution in [-0.4, -0.2) is 27.4 Å². The van der Waals surface area contributed by atoms with Gasteiger partial charge in [0, 0.05) is 25.0 Å². The van der Waals surface area contributed by atoms with Gasteiger partial charge in [-0.25, -0.2) is 4.79 Å². The molecule has 0 saturated heterocycles. The zero-order valence-corrected chi connectivity index (χ0v) is 14.3. The average Bonchev–Trinajstić information content (AvgIpc) is 3.22. The van der Waals surface area contributed by atoms with E-state index in [1.807, 2.05) is 25.4 Å². The van der Waals surface area contributed by atoms with Crippen molar-refractivity contribution in [3.05, 3.63) is 59.7 Å². The van der Waals surface area contributed by atoms with Gasteiger partial charge in [-0.2, -0.15) is 10.4 Å². The van der Waals surface area contributed by atoms with Crippen LogP contribution in [0.3, 0.4) is 0 Å². The number of esters is 1. The van der Waals surface area contributed by atoms with Crippen LogP contribution in [0.15, 0.2) is 42.9 Å². The molecule has 132 valence electrons. The number of anilines is 1. The van der Waals surface area contributed by atoms with Gasteiger partial charge in [-0.15, -0.1) is 0 Å². The lowest BCUT2D eigenvalue weighted by atomic mass is 10.2. The summed E-state index contributed by atoms with van der Waals surface area (Å²) in [5.74, 6) is -0.105. The normalized spacial score (nSPS) is 10.3. The van der Waals surface area contributed by atoms with E-state index in [0.29, 0.717) is 18.0 Å². The lowest BCUT2D eigenvalue weighted by molar-refractivity contribution is 0.0593. The van der Waals surface area contributed by atoms with E-state index in [-0.39, 0.29) is 16.9 Å². The van der Waals surface area contributed by atoms with Crippen LogP contribution in [0.5, 0.6) is 5.75 Å². The molecule has 0 atom stereocenters. The number of methoxy groups -OCH3 is 1. The number of nitrogen functional groups attached to an aromatic ring is 1. The molecule has 1 aromatic carbocycles. The van der Waals surface area contributed by atoms with E-state index in [1.54, 1.807) is 29.1 Å². The Morgan fingerprint density at radius 2 is 2.12 bits per heavy atom. The first-order chi connectivity index (χ1) is 12.5. The van der Waals surface area contributed by atoms with Gasteiger partial charge in [-0.05, 0) is 12.1 Å². The highest BCUT2D eigenvalue weighted by Gasteiger charge is 2.23. The van der Waals surface area contributed by atoms with Gasteiger partial charge < -0.3 is 19.8 Å². The first-order valence-corrected chi connectivity index (χ1v) is 7.74. The molecule has 0 saturated carbocycles. The Labute approximate surface area is 150 Å². The van der Waals surface area contributed by atoms with Crippen LogP contribution in [0.25, 0.3) is 5.69 Å². The molecule has 2 N–H and O–H groups in total. The SMILES string of the molecule is COC(=O)c1c(N)c(C#N)cn1-c1ccccc1OCc1cnn(C)c1. The summed E-state index contributed by atoms with van der Waals surface area (Å²) >= 11 is 0. The maximum Gasteiger partial charge on any atom is 0.357 e. The number of nitriles is 1. The fourth-order valence-electron chi connectivity index (χ4n) is 2.59. The summed E-state index contributed by atoms with van der Waals surface area (Å²) in [7, 11) is 3.09. The van der Waals surface area contributed by atoms with Crippen molar-refractivity contribution in [2.75, 3.05) is 12.8 Å². The first kappa shape index (κ1) is 17.1. The number of aromatic nitrogens is 3. The van der Waals surface area contributed by atoms with Gasteiger partial charge in [0.25, 0.3) is 0 Å². The van der Waals surface area contributed by atoms with Crippen molar-refractivity contribution in [2.45, 2.75) is 6.61 Å². The van der Waals surface area contributed by atoms with Gasteiger partial charge in [0.2, 0.25) is 0 Å². The number of aryl methyl sites for hydroxylation is 1. The summed E-state index contributed by atoms with van der Waals surface area (Å²) in [4.78, 5) is 12.2. The minimum atomic E-state index is -0.633. The Balaban J connectivity index is 2.02. The summed E-state index contributed by atoms with van der Waals surface area (Å²) in [5.41, 5.74) is 7.77.